The summed E-state index contributed by atoms with van der Waals surface area (Å²) >= 11 is 0. The lowest BCUT2D eigenvalue weighted by molar-refractivity contribution is 0.232. The molecule has 1 aromatic heterocycles. The Morgan fingerprint density at radius 3 is 2.28 bits per heavy atom. The highest BCUT2D eigenvalue weighted by atomic mass is 28.4. The number of benzene rings is 2. The zero-order valence-electron chi connectivity index (χ0n) is 20.3. The van der Waals surface area contributed by atoms with Gasteiger partial charge < -0.3 is 13.6 Å². The van der Waals surface area contributed by atoms with Gasteiger partial charge in [0.05, 0.1) is 10.9 Å². The molecule has 0 saturated heterocycles. The summed E-state index contributed by atoms with van der Waals surface area (Å²) in [5.74, 6) is 0.291. The highest BCUT2D eigenvalue weighted by molar-refractivity contribution is 6.74. The first-order valence-corrected chi connectivity index (χ1v) is 14.4. The first kappa shape index (κ1) is 24.3. The summed E-state index contributed by atoms with van der Waals surface area (Å²) in [7, 11) is -1.64. The quantitative estimate of drug-likeness (QED) is 0.258. The third kappa shape index (κ3) is 5.90. The summed E-state index contributed by atoms with van der Waals surface area (Å²) < 4.78 is 17.9. The molecular weight excluding hydrogens is 416 g/mol. The Bertz CT molecular complexity index is 1090. The van der Waals surface area contributed by atoms with Gasteiger partial charge in [0.2, 0.25) is 0 Å². The number of fused-ring (bicyclic) bond motifs is 1. The molecule has 172 valence electrons. The van der Waals surface area contributed by atoms with Gasteiger partial charge in [0.25, 0.3) is 5.95 Å². The van der Waals surface area contributed by atoms with Crippen LogP contribution in [0.5, 0.6) is 5.95 Å². The van der Waals surface area contributed by atoms with Crippen LogP contribution in [0.1, 0.15) is 50.3 Å². The lowest BCUT2D eigenvalue weighted by Gasteiger charge is -2.36. The molecule has 3 aromatic rings. The number of para-hydroxylation sites is 1. The maximum atomic E-state index is 12.5. The van der Waals surface area contributed by atoms with Crippen molar-refractivity contribution in [3.8, 4) is 5.95 Å². The second-order valence-corrected chi connectivity index (χ2v) is 14.8. The fourth-order valence-electron chi connectivity index (χ4n) is 3.28. The highest BCUT2D eigenvalue weighted by Gasteiger charge is 2.36. The molecule has 3 rings (SSSR count). The van der Waals surface area contributed by atoms with E-state index < -0.39 is 8.32 Å². The van der Waals surface area contributed by atoms with Gasteiger partial charge in [0.15, 0.2) is 13.7 Å². The van der Waals surface area contributed by atoms with E-state index in [0.29, 0.717) is 29.1 Å². The van der Waals surface area contributed by atoms with Gasteiger partial charge in [-0.05, 0) is 67.6 Å². The first-order chi connectivity index (χ1) is 15.1. The zero-order valence-corrected chi connectivity index (χ0v) is 21.3. The lowest BCUT2D eigenvalue weighted by Crippen LogP contribution is -2.40. The Hall–Kier alpha value is -2.37. The van der Waals surface area contributed by atoms with Crippen molar-refractivity contribution in [3.63, 3.8) is 0 Å². The number of aryl methyl sites for hydroxylation is 1. The molecule has 0 atom stereocenters. The van der Waals surface area contributed by atoms with Crippen molar-refractivity contribution in [1.82, 2.24) is 0 Å². The average molecular weight is 453 g/mol. The van der Waals surface area contributed by atoms with E-state index in [-0.39, 0.29) is 10.5 Å². The van der Waals surface area contributed by atoms with Gasteiger partial charge in [0, 0.05) is 6.61 Å². The third-order valence-corrected chi connectivity index (χ3v) is 11.0. The predicted molar refractivity (Wildman–Crippen MR) is 134 cm³/mol. The van der Waals surface area contributed by atoms with Crippen molar-refractivity contribution in [2.24, 2.45) is 0 Å². The second-order valence-electron chi connectivity index (χ2n) is 10.0. The van der Waals surface area contributed by atoms with Crippen LogP contribution in [0.15, 0.2) is 57.7 Å². The second kappa shape index (κ2) is 10.0. The van der Waals surface area contributed by atoms with Gasteiger partial charge in [-0.3, -0.25) is 4.79 Å². The number of hydrogen-bond acceptors (Lipinski definition) is 4. The van der Waals surface area contributed by atoms with E-state index in [1.165, 1.54) is 5.56 Å². The van der Waals surface area contributed by atoms with Crippen molar-refractivity contribution in [1.29, 1.82) is 0 Å². The van der Waals surface area contributed by atoms with E-state index in [0.717, 1.165) is 31.4 Å². The van der Waals surface area contributed by atoms with Gasteiger partial charge in [-0.1, -0.05) is 57.2 Å². The largest absolute Gasteiger partial charge is 0.460 e. The topological polar surface area (TPSA) is 48.7 Å². The predicted octanol–water partition coefficient (Wildman–Crippen LogP) is 7.02. The molecule has 0 N–H and O–H groups in total. The summed E-state index contributed by atoms with van der Waals surface area (Å²) in [4.78, 5) is 12.5. The van der Waals surface area contributed by atoms with Crippen molar-refractivity contribution >= 4 is 19.3 Å². The summed E-state index contributed by atoms with van der Waals surface area (Å²) in [6.07, 6.45) is 3.24. The van der Waals surface area contributed by atoms with Crippen molar-refractivity contribution in [2.75, 3.05) is 6.61 Å². The molecule has 0 spiro atoms. The van der Waals surface area contributed by atoms with Gasteiger partial charge >= 0.3 is 0 Å². The number of hydrogen-bond donors (Lipinski definition) is 0. The monoisotopic (exact) mass is 452 g/mol. The molecule has 2 aromatic carbocycles. The molecule has 0 fully saturated rings. The summed E-state index contributed by atoms with van der Waals surface area (Å²) in [5, 5.41) is 0.843. The van der Waals surface area contributed by atoms with E-state index in [1.807, 2.05) is 12.1 Å². The van der Waals surface area contributed by atoms with Crippen LogP contribution in [0.4, 0.5) is 0 Å². The van der Waals surface area contributed by atoms with Crippen LogP contribution >= 0.6 is 0 Å². The SMILES string of the molecule is Cc1c(OCc2ccc(CCCCO[Si](C)(C)C(C)(C)C)cc2)oc2ccccc2c1=O. The normalized spacial score (nSPS) is 12.3. The van der Waals surface area contributed by atoms with Crippen molar-refractivity contribution in [2.45, 2.75) is 71.7 Å². The van der Waals surface area contributed by atoms with Gasteiger partial charge in [0.1, 0.15) is 12.2 Å². The number of rotatable bonds is 9. The minimum Gasteiger partial charge on any atom is -0.460 e. The van der Waals surface area contributed by atoms with E-state index in [4.69, 9.17) is 13.6 Å². The van der Waals surface area contributed by atoms with Crippen molar-refractivity contribution < 1.29 is 13.6 Å². The molecule has 0 aliphatic carbocycles. The Morgan fingerprint density at radius 2 is 1.59 bits per heavy atom. The highest BCUT2D eigenvalue weighted by Crippen LogP contribution is 2.36. The number of ether oxygens (including phenoxy) is 1. The Kier molecular flexibility index (Phi) is 7.62. The summed E-state index contributed by atoms with van der Waals surface area (Å²) in [6, 6.07) is 15.7. The van der Waals surface area contributed by atoms with Crippen molar-refractivity contribution in [3.05, 3.63) is 75.4 Å². The van der Waals surface area contributed by atoms with Gasteiger partial charge in [-0.25, -0.2) is 0 Å². The summed E-state index contributed by atoms with van der Waals surface area (Å²) in [5.41, 5.74) is 3.36. The molecule has 32 heavy (non-hydrogen) atoms. The van der Waals surface area contributed by atoms with Gasteiger partial charge in [-0.15, -0.1) is 0 Å². The molecule has 5 heteroatoms. The lowest BCUT2D eigenvalue weighted by atomic mass is 10.1. The molecule has 4 nitrogen and oxygen atoms in total. The fraction of sp³-hybridized carbons (Fsp3) is 0.444. The van der Waals surface area contributed by atoms with Crippen LogP contribution in [-0.2, 0) is 17.5 Å². The van der Waals surface area contributed by atoms with Crippen LogP contribution in [0.2, 0.25) is 18.1 Å². The molecule has 0 radical (unpaired) electrons. The van der Waals surface area contributed by atoms with Crippen LogP contribution in [0, 0.1) is 6.92 Å². The van der Waals surface area contributed by atoms with Gasteiger partial charge in [-0.2, -0.15) is 0 Å². The van der Waals surface area contributed by atoms with E-state index >= 15 is 0 Å². The molecular formula is C27H36O4Si. The number of unbranched alkanes of at least 4 members (excludes halogenated alkanes) is 1. The van der Waals surface area contributed by atoms with Crippen LogP contribution in [-0.4, -0.2) is 14.9 Å². The minimum atomic E-state index is -1.64. The Labute approximate surface area is 192 Å². The maximum absolute atomic E-state index is 12.5. The molecule has 1 heterocycles. The molecule has 0 amide bonds. The standard InChI is InChI=1S/C27H36O4Si/c1-20-25(28)23-12-7-8-13-24(23)31-26(20)29-19-22-16-14-21(15-17-22)11-9-10-18-30-32(5,6)27(2,3)4/h7-8,12-17H,9-11,18-19H2,1-6H3. The fourth-order valence-corrected chi connectivity index (χ4v) is 4.37. The maximum Gasteiger partial charge on any atom is 0.292 e. The minimum absolute atomic E-state index is 0.0465. The van der Waals surface area contributed by atoms with Crippen LogP contribution < -0.4 is 10.2 Å². The van der Waals surface area contributed by atoms with Crippen LogP contribution in [0.25, 0.3) is 11.0 Å². The van der Waals surface area contributed by atoms with E-state index in [9.17, 15) is 4.79 Å². The molecule has 0 saturated carbocycles. The molecule has 0 unspecified atom stereocenters. The third-order valence-electron chi connectivity index (χ3n) is 6.50. The molecule has 0 bridgehead atoms. The Balaban J connectivity index is 1.49. The molecule has 0 aliphatic rings. The zero-order chi connectivity index (χ0) is 23.4. The first-order valence-electron chi connectivity index (χ1n) is 11.5. The average Bonchev–Trinajstić information content (AvgIpc) is 2.75. The van der Waals surface area contributed by atoms with E-state index in [1.54, 1.807) is 19.1 Å². The Morgan fingerprint density at radius 1 is 0.938 bits per heavy atom. The molecule has 0 aliphatic heterocycles. The van der Waals surface area contributed by atoms with Crippen LogP contribution in [0.3, 0.4) is 0 Å². The smallest absolute Gasteiger partial charge is 0.292 e. The summed E-state index contributed by atoms with van der Waals surface area (Å²) in [6.45, 7) is 14.4. The van der Waals surface area contributed by atoms with E-state index in [2.05, 4.69) is 58.1 Å².